The SMILES string of the molecule is COC1CN(c2c(F)cc3c(=O)c(C(=O)O)cn4c3c2OCN4C)CC1N. The lowest BCUT2D eigenvalue weighted by atomic mass is 10.1. The standard InChI is InChI=1S/C17H19FN4O5/c1-20-7-27-16-13-8(15(23)9(17(24)25)4-22(13)20)3-10(18)14(16)21-5-11(19)12(6-21)26-2/h3-4,11-12H,5-7,19H2,1-2H3,(H,24,25). The maximum atomic E-state index is 15.0. The van der Waals surface area contributed by atoms with Crippen LogP contribution in [0.25, 0.3) is 10.9 Å². The molecule has 144 valence electrons. The molecule has 0 aliphatic carbocycles. The number of hydrogen-bond donors (Lipinski definition) is 2. The number of aromatic nitrogens is 1. The molecule has 1 saturated heterocycles. The van der Waals surface area contributed by atoms with Crippen molar-refractivity contribution in [1.29, 1.82) is 0 Å². The molecule has 0 amide bonds. The highest BCUT2D eigenvalue weighted by Crippen LogP contribution is 2.41. The molecule has 1 aromatic heterocycles. The number of carbonyl (C=O) groups is 1. The molecule has 2 aliphatic rings. The topological polar surface area (TPSA) is 110 Å². The Morgan fingerprint density at radius 1 is 1.44 bits per heavy atom. The summed E-state index contributed by atoms with van der Waals surface area (Å²) in [6.07, 6.45) is 0.976. The summed E-state index contributed by atoms with van der Waals surface area (Å²) in [5, 5.41) is 10.9. The summed E-state index contributed by atoms with van der Waals surface area (Å²) < 4.78 is 27.6. The summed E-state index contributed by atoms with van der Waals surface area (Å²) in [5.41, 5.74) is 5.39. The first-order valence-corrected chi connectivity index (χ1v) is 8.36. The number of halogens is 1. The number of benzene rings is 1. The van der Waals surface area contributed by atoms with Crippen molar-refractivity contribution in [2.24, 2.45) is 5.73 Å². The maximum absolute atomic E-state index is 15.0. The molecule has 1 fully saturated rings. The second kappa shape index (κ2) is 6.10. The summed E-state index contributed by atoms with van der Waals surface area (Å²) in [6.45, 7) is 0.808. The van der Waals surface area contributed by atoms with Gasteiger partial charge in [0.2, 0.25) is 5.43 Å². The monoisotopic (exact) mass is 378 g/mol. The van der Waals surface area contributed by atoms with Crippen LogP contribution in [0.1, 0.15) is 10.4 Å². The zero-order chi connectivity index (χ0) is 19.5. The summed E-state index contributed by atoms with van der Waals surface area (Å²) in [7, 11) is 3.22. The zero-order valence-electron chi connectivity index (χ0n) is 14.8. The van der Waals surface area contributed by atoms with E-state index in [0.29, 0.717) is 18.6 Å². The molecule has 2 atom stereocenters. The van der Waals surface area contributed by atoms with Crippen LogP contribution >= 0.6 is 0 Å². The van der Waals surface area contributed by atoms with Crippen molar-refractivity contribution < 1.29 is 23.8 Å². The summed E-state index contributed by atoms with van der Waals surface area (Å²) in [5.74, 6) is -1.84. The summed E-state index contributed by atoms with van der Waals surface area (Å²) in [6, 6.07) is 0.772. The van der Waals surface area contributed by atoms with E-state index in [-0.39, 0.29) is 35.7 Å². The number of rotatable bonds is 3. The molecular weight excluding hydrogens is 359 g/mol. The molecule has 2 aromatic rings. The fourth-order valence-corrected chi connectivity index (χ4v) is 3.70. The van der Waals surface area contributed by atoms with Gasteiger partial charge in [0.1, 0.15) is 16.8 Å². The average Bonchev–Trinajstić information content (AvgIpc) is 2.99. The number of hydrogen-bond acceptors (Lipinski definition) is 7. The van der Waals surface area contributed by atoms with Gasteiger partial charge < -0.3 is 25.2 Å². The van der Waals surface area contributed by atoms with Gasteiger partial charge in [0.15, 0.2) is 18.3 Å². The van der Waals surface area contributed by atoms with Crippen molar-refractivity contribution in [2.75, 3.05) is 43.9 Å². The second-order valence-corrected chi connectivity index (χ2v) is 6.73. The van der Waals surface area contributed by atoms with Gasteiger partial charge in [0.25, 0.3) is 0 Å². The van der Waals surface area contributed by atoms with Crippen LogP contribution in [0.15, 0.2) is 17.1 Å². The van der Waals surface area contributed by atoms with E-state index in [1.165, 1.54) is 10.9 Å². The number of carboxylic acids is 1. The van der Waals surface area contributed by atoms with Gasteiger partial charge in [-0.05, 0) is 6.07 Å². The normalized spacial score (nSPS) is 21.6. The van der Waals surface area contributed by atoms with Gasteiger partial charge in [-0.2, -0.15) is 0 Å². The Bertz CT molecular complexity index is 1010. The van der Waals surface area contributed by atoms with Gasteiger partial charge in [-0.1, -0.05) is 0 Å². The highest BCUT2D eigenvalue weighted by molar-refractivity contribution is 5.97. The van der Waals surface area contributed by atoms with Gasteiger partial charge in [-0.25, -0.2) is 9.18 Å². The molecule has 3 heterocycles. The third-order valence-corrected chi connectivity index (χ3v) is 5.07. The Morgan fingerprint density at radius 2 is 2.19 bits per heavy atom. The van der Waals surface area contributed by atoms with Crippen LogP contribution in [0, 0.1) is 5.82 Å². The van der Waals surface area contributed by atoms with Crippen LogP contribution < -0.4 is 25.8 Å². The fourth-order valence-electron chi connectivity index (χ4n) is 3.70. The molecular formula is C17H19FN4O5. The number of nitrogens with two attached hydrogens (primary N) is 1. The number of pyridine rings is 1. The van der Waals surface area contributed by atoms with E-state index in [9.17, 15) is 14.7 Å². The third-order valence-electron chi connectivity index (χ3n) is 5.07. The van der Waals surface area contributed by atoms with E-state index in [1.54, 1.807) is 24.1 Å². The quantitative estimate of drug-likeness (QED) is 0.763. The number of methoxy groups -OCH3 is 1. The molecule has 0 saturated carbocycles. The third kappa shape index (κ3) is 2.52. The van der Waals surface area contributed by atoms with Crippen LogP contribution in [-0.2, 0) is 4.74 Å². The van der Waals surface area contributed by atoms with Crippen LogP contribution in [0.4, 0.5) is 10.1 Å². The highest BCUT2D eigenvalue weighted by atomic mass is 19.1. The minimum absolute atomic E-state index is 0.0514. The van der Waals surface area contributed by atoms with Crippen LogP contribution in [0.3, 0.4) is 0 Å². The van der Waals surface area contributed by atoms with Crippen molar-refractivity contribution in [3.63, 3.8) is 0 Å². The van der Waals surface area contributed by atoms with Crippen LogP contribution in [0.5, 0.6) is 5.75 Å². The zero-order valence-corrected chi connectivity index (χ0v) is 14.8. The van der Waals surface area contributed by atoms with Gasteiger partial charge in [-0.3, -0.25) is 14.5 Å². The predicted molar refractivity (Wildman–Crippen MR) is 95.7 cm³/mol. The van der Waals surface area contributed by atoms with Gasteiger partial charge >= 0.3 is 5.97 Å². The van der Waals surface area contributed by atoms with Crippen molar-refractivity contribution >= 4 is 22.6 Å². The Labute approximate surface area is 153 Å². The minimum Gasteiger partial charge on any atom is -0.477 e. The van der Waals surface area contributed by atoms with Gasteiger partial charge in [0, 0.05) is 33.4 Å². The van der Waals surface area contributed by atoms with Gasteiger partial charge in [-0.15, -0.1) is 0 Å². The van der Waals surface area contributed by atoms with E-state index in [4.69, 9.17) is 15.2 Å². The predicted octanol–water partition coefficient (Wildman–Crippen LogP) is -0.0812. The molecule has 27 heavy (non-hydrogen) atoms. The van der Waals surface area contributed by atoms with Gasteiger partial charge in [0.05, 0.1) is 17.5 Å². The lowest BCUT2D eigenvalue weighted by Gasteiger charge is -2.33. The van der Waals surface area contributed by atoms with Crippen LogP contribution in [0.2, 0.25) is 0 Å². The Morgan fingerprint density at radius 3 is 2.81 bits per heavy atom. The molecule has 0 radical (unpaired) electrons. The molecule has 2 unspecified atom stereocenters. The Hall–Kier alpha value is -2.85. The van der Waals surface area contributed by atoms with Crippen molar-refractivity contribution in [2.45, 2.75) is 12.1 Å². The molecule has 0 spiro atoms. The fraction of sp³-hybridized carbons (Fsp3) is 0.412. The smallest absolute Gasteiger partial charge is 0.341 e. The van der Waals surface area contributed by atoms with E-state index >= 15 is 4.39 Å². The molecule has 10 heteroatoms. The number of carboxylic acid groups (broad SMARTS) is 1. The number of aromatic carboxylic acids is 1. The molecule has 0 bridgehead atoms. The largest absolute Gasteiger partial charge is 0.477 e. The van der Waals surface area contributed by atoms with Crippen molar-refractivity contribution in [1.82, 2.24) is 4.68 Å². The minimum atomic E-state index is -1.37. The first-order chi connectivity index (χ1) is 12.8. The first kappa shape index (κ1) is 17.6. The Kier molecular flexibility index (Phi) is 3.97. The van der Waals surface area contributed by atoms with Crippen molar-refractivity contribution in [3.05, 3.63) is 33.9 Å². The average molecular weight is 378 g/mol. The molecule has 1 aromatic carbocycles. The van der Waals surface area contributed by atoms with Crippen molar-refractivity contribution in [3.8, 4) is 5.75 Å². The van der Waals surface area contributed by atoms with E-state index in [1.807, 2.05) is 0 Å². The summed E-state index contributed by atoms with van der Waals surface area (Å²) in [4.78, 5) is 25.7. The van der Waals surface area contributed by atoms with E-state index in [0.717, 1.165) is 6.07 Å². The Balaban J connectivity index is 2.00. The van der Waals surface area contributed by atoms with E-state index < -0.39 is 22.8 Å². The number of anilines is 1. The number of nitrogens with zero attached hydrogens (tertiary/aromatic N) is 3. The van der Waals surface area contributed by atoms with Crippen LogP contribution in [-0.4, -0.2) is 61.9 Å². The lowest BCUT2D eigenvalue weighted by Crippen LogP contribution is -2.40. The maximum Gasteiger partial charge on any atom is 0.341 e. The molecule has 4 rings (SSSR count). The summed E-state index contributed by atoms with van der Waals surface area (Å²) >= 11 is 0. The van der Waals surface area contributed by atoms with E-state index in [2.05, 4.69) is 0 Å². The number of ether oxygens (including phenoxy) is 2. The highest BCUT2D eigenvalue weighted by Gasteiger charge is 2.36. The molecule has 2 aliphatic heterocycles. The first-order valence-electron chi connectivity index (χ1n) is 8.36. The lowest BCUT2D eigenvalue weighted by molar-refractivity contribution is 0.0694. The molecule has 3 N–H and O–H groups in total. The second-order valence-electron chi connectivity index (χ2n) is 6.73. The molecule has 9 nitrogen and oxygen atoms in total.